The van der Waals surface area contributed by atoms with Crippen LogP contribution in [0.4, 0.5) is 0 Å². The van der Waals surface area contributed by atoms with Crippen molar-refractivity contribution in [3.63, 3.8) is 0 Å². The summed E-state index contributed by atoms with van der Waals surface area (Å²) in [4.78, 5) is 1.05. The van der Waals surface area contributed by atoms with E-state index in [1.807, 2.05) is 11.4 Å². The van der Waals surface area contributed by atoms with E-state index in [-0.39, 0.29) is 6.04 Å². The molecule has 0 spiro atoms. The van der Waals surface area contributed by atoms with E-state index in [1.54, 1.807) is 24.5 Å². The molecule has 1 aromatic rings. The third kappa shape index (κ3) is 1.66. The molecule has 1 rings (SSSR count). The highest BCUT2D eigenvalue weighted by Gasteiger charge is 2.11. The van der Waals surface area contributed by atoms with Crippen LogP contribution in [-0.4, -0.2) is 7.11 Å². The largest absolute Gasteiger partial charge is 0.496 e. The van der Waals surface area contributed by atoms with Gasteiger partial charge < -0.3 is 4.74 Å². The maximum absolute atomic E-state index is 5.33. The first kappa shape index (κ1) is 9.25. The number of hydrogen-bond donors (Lipinski definition) is 2. The van der Waals surface area contributed by atoms with E-state index in [0.717, 1.165) is 10.6 Å². The van der Waals surface area contributed by atoms with Gasteiger partial charge in [0.15, 0.2) is 0 Å². The molecule has 0 aliphatic carbocycles. The second-order valence-electron chi connectivity index (χ2n) is 2.23. The maximum atomic E-state index is 5.33. The summed E-state index contributed by atoms with van der Waals surface area (Å²) in [7, 11) is 1.64. The predicted octanol–water partition coefficient (Wildman–Crippen LogP) is 1.45. The fourth-order valence-electron chi connectivity index (χ4n) is 0.955. The Morgan fingerprint density at radius 2 is 2.58 bits per heavy atom. The molecule has 0 fully saturated rings. The number of methoxy groups -OCH3 is 1. The minimum Gasteiger partial charge on any atom is -0.496 e. The summed E-state index contributed by atoms with van der Waals surface area (Å²) in [5, 5.41) is 1.96. The SMILES string of the molecule is C=CC(NN)c1sccc1OC. The second-order valence-corrected chi connectivity index (χ2v) is 3.18. The summed E-state index contributed by atoms with van der Waals surface area (Å²) in [5.74, 6) is 6.18. The van der Waals surface area contributed by atoms with Crippen molar-refractivity contribution in [3.8, 4) is 5.75 Å². The van der Waals surface area contributed by atoms with Crippen molar-refractivity contribution >= 4 is 11.3 Å². The van der Waals surface area contributed by atoms with Crippen LogP contribution in [0.15, 0.2) is 24.1 Å². The van der Waals surface area contributed by atoms with Gasteiger partial charge in [-0.3, -0.25) is 5.84 Å². The molecular weight excluding hydrogens is 172 g/mol. The van der Waals surface area contributed by atoms with Crippen molar-refractivity contribution in [2.24, 2.45) is 5.84 Å². The molecule has 0 saturated heterocycles. The normalized spacial score (nSPS) is 12.5. The first-order valence-corrected chi connectivity index (χ1v) is 4.41. The Kier molecular flexibility index (Phi) is 3.28. The highest BCUT2D eigenvalue weighted by molar-refractivity contribution is 7.10. The Labute approximate surface area is 75.8 Å². The number of thiophene rings is 1. The van der Waals surface area contributed by atoms with Gasteiger partial charge in [0, 0.05) is 0 Å². The number of nitrogens with two attached hydrogens (primary N) is 1. The van der Waals surface area contributed by atoms with Gasteiger partial charge in [-0.05, 0) is 11.4 Å². The Morgan fingerprint density at radius 1 is 1.83 bits per heavy atom. The molecule has 1 heterocycles. The first-order valence-electron chi connectivity index (χ1n) is 3.53. The number of ether oxygens (including phenoxy) is 1. The molecule has 1 aromatic heterocycles. The van der Waals surface area contributed by atoms with Crippen molar-refractivity contribution in [2.75, 3.05) is 7.11 Å². The van der Waals surface area contributed by atoms with Crippen molar-refractivity contribution in [1.29, 1.82) is 0 Å². The van der Waals surface area contributed by atoms with Crippen LogP contribution in [-0.2, 0) is 0 Å². The zero-order valence-corrected chi connectivity index (χ0v) is 7.73. The first-order chi connectivity index (χ1) is 5.83. The lowest BCUT2D eigenvalue weighted by Gasteiger charge is -2.10. The van der Waals surface area contributed by atoms with Crippen molar-refractivity contribution in [3.05, 3.63) is 29.0 Å². The summed E-state index contributed by atoms with van der Waals surface area (Å²) in [6.07, 6.45) is 1.74. The molecule has 0 bridgehead atoms. The monoisotopic (exact) mass is 184 g/mol. The molecule has 3 nitrogen and oxygen atoms in total. The highest BCUT2D eigenvalue weighted by Crippen LogP contribution is 2.30. The molecule has 0 amide bonds. The standard InChI is InChI=1S/C8H12N2OS/c1-3-6(10-9)8-7(11-2)4-5-12-8/h3-6,10H,1,9H2,2H3. The number of nitrogens with one attached hydrogen (secondary N) is 1. The molecule has 12 heavy (non-hydrogen) atoms. The van der Waals surface area contributed by atoms with Gasteiger partial charge in [-0.1, -0.05) is 6.08 Å². The molecule has 1 atom stereocenters. The van der Waals surface area contributed by atoms with Crippen LogP contribution in [0.2, 0.25) is 0 Å². The van der Waals surface area contributed by atoms with Gasteiger partial charge in [-0.25, -0.2) is 5.43 Å². The van der Waals surface area contributed by atoms with E-state index >= 15 is 0 Å². The zero-order chi connectivity index (χ0) is 8.97. The Morgan fingerprint density at radius 3 is 3.08 bits per heavy atom. The molecule has 0 aromatic carbocycles. The van der Waals surface area contributed by atoms with Crippen molar-refractivity contribution in [2.45, 2.75) is 6.04 Å². The molecule has 4 heteroatoms. The lowest BCUT2D eigenvalue weighted by molar-refractivity contribution is 0.408. The van der Waals surface area contributed by atoms with Crippen molar-refractivity contribution in [1.82, 2.24) is 5.43 Å². The summed E-state index contributed by atoms with van der Waals surface area (Å²) >= 11 is 1.59. The molecule has 0 saturated carbocycles. The van der Waals surface area contributed by atoms with Gasteiger partial charge in [0.1, 0.15) is 5.75 Å². The maximum Gasteiger partial charge on any atom is 0.134 e. The minimum atomic E-state index is -0.0278. The van der Waals surface area contributed by atoms with Crippen LogP contribution < -0.4 is 16.0 Å². The third-order valence-corrected chi connectivity index (χ3v) is 2.56. The summed E-state index contributed by atoms with van der Waals surface area (Å²) < 4.78 is 5.14. The predicted molar refractivity (Wildman–Crippen MR) is 51.1 cm³/mol. The fourth-order valence-corrected chi connectivity index (χ4v) is 1.87. The van der Waals surface area contributed by atoms with Gasteiger partial charge in [0.25, 0.3) is 0 Å². The van der Waals surface area contributed by atoms with Crippen LogP contribution in [0.25, 0.3) is 0 Å². The van der Waals surface area contributed by atoms with Crippen LogP contribution in [0, 0.1) is 0 Å². The number of hydrazine groups is 1. The second kappa shape index (κ2) is 4.25. The van der Waals surface area contributed by atoms with Crippen LogP contribution >= 0.6 is 11.3 Å². The minimum absolute atomic E-state index is 0.0278. The Bertz CT molecular complexity index is 259. The van der Waals surface area contributed by atoms with E-state index < -0.39 is 0 Å². The lowest BCUT2D eigenvalue weighted by atomic mass is 10.2. The van der Waals surface area contributed by atoms with Gasteiger partial charge >= 0.3 is 0 Å². The van der Waals surface area contributed by atoms with E-state index in [1.165, 1.54) is 0 Å². The summed E-state index contributed by atoms with van der Waals surface area (Å²) in [6, 6.07) is 1.88. The topological polar surface area (TPSA) is 47.3 Å². The molecule has 0 aliphatic rings. The van der Waals surface area contributed by atoms with E-state index in [4.69, 9.17) is 10.6 Å². The molecule has 3 N–H and O–H groups in total. The van der Waals surface area contributed by atoms with Crippen LogP contribution in [0.5, 0.6) is 5.75 Å². The molecule has 0 aliphatic heterocycles. The Balaban J connectivity index is 2.90. The average Bonchev–Trinajstić information content (AvgIpc) is 2.55. The van der Waals surface area contributed by atoms with Gasteiger partial charge in [-0.15, -0.1) is 17.9 Å². The number of hydrogen-bond acceptors (Lipinski definition) is 4. The molecular formula is C8H12N2OS. The van der Waals surface area contributed by atoms with Crippen LogP contribution in [0.3, 0.4) is 0 Å². The molecule has 66 valence electrons. The van der Waals surface area contributed by atoms with E-state index in [0.29, 0.717) is 0 Å². The molecule has 0 radical (unpaired) electrons. The quantitative estimate of drug-likeness (QED) is 0.423. The molecule has 1 unspecified atom stereocenters. The van der Waals surface area contributed by atoms with Gasteiger partial charge in [0.2, 0.25) is 0 Å². The van der Waals surface area contributed by atoms with Gasteiger partial charge in [-0.2, -0.15) is 0 Å². The average molecular weight is 184 g/mol. The van der Waals surface area contributed by atoms with Crippen LogP contribution in [0.1, 0.15) is 10.9 Å². The summed E-state index contributed by atoms with van der Waals surface area (Å²) in [5.41, 5.74) is 2.64. The van der Waals surface area contributed by atoms with Gasteiger partial charge in [0.05, 0.1) is 18.0 Å². The van der Waals surface area contributed by atoms with E-state index in [2.05, 4.69) is 12.0 Å². The fraction of sp³-hybridized carbons (Fsp3) is 0.250. The smallest absolute Gasteiger partial charge is 0.134 e. The van der Waals surface area contributed by atoms with Crippen molar-refractivity contribution < 1.29 is 4.74 Å². The zero-order valence-electron chi connectivity index (χ0n) is 6.91. The highest BCUT2D eigenvalue weighted by atomic mass is 32.1. The number of rotatable bonds is 4. The van der Waals surface area contributed by atoms with E-state index in [9.17, 15) is 0 Å². The third-order valence-electron chi connectivity index (χ3n) is 1.57. The summed E-state index contributed by atoms with van der Waals surface area (Å²) in [6.45, 7) is 3.67. The Hall–Kier alpha value is -0.840. The lowest BCUT2D eigenvalue weighted by Crippen LogP contribution is -2.25.